The summed E-state index contributed by atoms with van der Waals surface area (Å²) in [6, 6.07) is 12.1. The largest absolute Gasteiger partial charge is 0.505 e. The lowest BCUT2D eigenvalue weighted by Crippen LogP contribution is -1.82. The first kappa shape index (κ1) is 10.7. The van der Waals surface area contributed by atoms with Gasteiger partial charge in [-0.2, -0.15) is 0 Å². The predicted octanol–water partition coefficient (Wildman–Crippen LogP) is 3.75. The van der Waals surface area contributed by atoms with E-state index in [0.717, 1.165) is 21.9 Å². The summed E-state index contributed by atoms with van der Waals surface area (Å²) in [4.78, 5) is 4.05. The zero-order chi connectivity index (χ0) is 12.5. The summed E-state index contributed by atoms with van der Waals surface area (Å²) in [5.74, 6) is -0.939. The van der Waals surface area contributed by atoms with Crippen LogP contribution in [0.5, 0.6) is 5.75 Å². The summed E-state index contributed by atoms with van der Waals surface area (Å²) in [6.45, 7) is 0. The average Bonchev–Trinajstić information content (AvgIpc) is 2.41. The van der Waals surface area contributed by atoms with Gasteiger partial charge in [0.05, 0.1) is 0 Å². The normalized spacial score (nSPS) is 10.7. The van der Waals surface area contributed by atoms with Gasteiger partial charge in [-0.3, -0.25) is 4.98 Å². The fourth-order valence-electron chi connectivity index (χ4n) is 1.95. The Morgan fingerprint density at radius 3 is 2.50 bits per heavy atom. The number of fused-ring (bicyclic) bond motifs is 1. The molecule has 0 amide bonds. The maximum absolute atomic E-state index is 13.3. The average molecular weight is 239 g/mol. The summed E-state index contributed by atoms with van der Waals surface area (Å²) < 4.78 is 13.3. The van der Waals surface area contributed by atoms with E-state index in [1.54, 1.807) is 18.5 Å². The Balaban J connectivity index is 2.16. The van der Waals surface area contributed by atoms with Gasteiger partial charge in [0.1, 0.15) is 0 Å². The van der Waals surface area contributed by atoms with Crippen LogP contribution in [-0.4, -0.2) is 10.1 Å². The van der Waals surface area contributed by atoms with Crippen molar-refractivity contribution >= 4 is 10.8 Å². The highest BCUT2D eigenvalue weighted by atomic mass is 19.1. The molecule has 1 aromatic heterocycles. The van der Waals surface area contributed by atoms with E-state index in [1.807, 2.05) is 24.3 Å². The van der Waals surface area contributed by atoms with Gasteiger partial charge in [0.25, 0.3) is 0 Å². The van der Waals surface area contributed by atoms with Crippen LogP contribution in [0.1, 0.15) is 0 Å². The second-order valence-electron chi connectivity index (χ2n) is 4.10. The van der Waals surface area contributed by atoms with E-state index >= 15 is 0 Å². The highest BCUT2D eigenvalue weighted by molar-refractivity contribution is 5.86. The first-order valence-electron chi connectivity index (χ1n) is 5.57. The van der Waals surface area contributed by atoms with E-state index in [0.29, 0.717) is 0 Å². The predicted molar refractivity (Wildman–Crippen MR) is 68.8 cm³/mol. The molecule has 88 valence electrons. The van der Waals surface area contributed by atoms with Crippen LogP contribution in [-0.2, 0) is 0 Å². The summed E-state index contributed by atoms with van der Waals surface area (Å²) in [6.07, 6.45) is 3.51. The van der Waals surface area contributed by atoms with Crippen molar-refractivity contribution in [2.24, 2.45) is 0 Å². The summed E-state index contributed by atoms with van der Waals surface area (Å²) in [5.41, 5.74) is 1.65. The molecule has 0 radical (unpaired) electrons. The quantitative estimate of drug-likeness (QED) is 0.701. The molecule has 0 saturated carbocycles. The second-order valence-corrected chi connectivity index (χ2v) is 4.10. The van der Waals surface area contributed by atoms with Crippen molar-refractivity contribution in [3.05, 3.63) is 60.7 Å². The zero-order valence-corrected chi connectivity index (χ0v) is 9.47. The van der Waals surface area contributed by atoms with Gasteiger partial charge in [-0.15, -0.1) is 0 Å². The molecular weight excluding hydrogens is 229 g/mol. The van der Waals surface area contributed by atoms with Crippen LogP contribution < -0.4 is 0 Å². The van der Waals surface area contributed by atoms with Crippen LogP contribution in [0.15, 0.2) is 54.9 Å². The molecule has 0 fully saturated rings. The Morgan fingerprint density at radius 1 is 0.889 bits per heavy atom. The molecule has 18 heavy (non-hydrogen) atoms. The van der Waals surface area contributed by atoms with Gasteiger partial charge in [-0.05, 0) is 40.8 Å². The zero-order valence-electron chi connectivity index (χ0n) is 9.47. The van der Waals surface area contributed by atoms with E-state index < -0.39 is 5.82 Å². The maximum atomic E-state index is 13.3. The number of rotatable bonds is 1. The van der Waals surface area contributed by atoms with Gasteiger partial charge in [0, 0.05) is 17.8 Å². The molecule has 3 aromatic rings. The smallest absolute Gasteiger partial charge is 0.165 e. The highest BCUT2D eigenvalue weighted by Gasteiger charge is 2.04. The number of aromatic nitrogens is 1. The van der Waals surface area contributed by atoms with E-state index in [-0.39, 0.29) is 5.75 Å². The van der Waals surface area contributed by atoms with Crippen molar-refractivity contribution in [2.45, 2.75) is 0 Å². The van der Waals surface area contributed by atoms with Gasteiger partial charge in [0.2, 0.25) is 0 Å². The molecule has 3 heteroatoms. The van der Waals surface area contributed by atoms with Crippen molar-refractivity contribution in [3.63, 3.8) is 0 Å². The molecule has 1 heterocycles. The molecule has 0 saturated heterocycles. The van der Waals surface area contributed by atoms with E-state index in [9.17, 15) is 9.50 Å². The Morgan fingerprint density at radius 2 is 1.67 bits per heavy atom. The lowest BCUT2D eigenvalue weighted by atomic mass is 10.0. The number of phenols is 1. The molecule has 2 nitrogen and oxygen atoms in total. The van der Waals surface area contributed by atoms with E-state index in [4.69, 9.17) is 0 Å². The molecule has 0 spiro atoms. The molecule has 0 atom stereocenters. The van der Waals surface area contributed by atoms with Crippen LogP contribution in [0.25, 0.3) is 21.9 Å². The van der Waals surface area contributed by atoms with Crippen LogP contribution in [0.3, 0.4) is 0 Å². The Hall–Kier alpha value is -2.42. The van der Waals surface area contributed by atoms with Crippen LogP contribution >= 0.6 is 0 Å². The first-order valence-corrected chi connectivity index (χ1v) is 5.57. The monoisotopic (exact) mass is 239 g/mol. The molecule has 0 bridgehead atoms. The molecule has 3 rings (SSSR count). The Kier molecular flexibility index (Phi) is 2.45. The molecule has 0 aliphatic heterocycles. The Labute approximate surface area is 103 Å². The molecular formula is C15H10FNO. The van der Waals surface area contributed by atoms with Gasteiger partial charge in [-0.25, -0.2) is 4.39 Å². The van der Waals surface area contributed by atoms with Crippen molar-refractivity contribution in [1.82, 2.24) is 4.98 Å². The molecule has 1 N–H and O–H groups in total. The van der Waals surface area contributed by atoms with Crippen molar-refractivity contribution < 1.29 is 9.50 Å². The lowest BCUT2D eigenvalue weighted by Gasteiger charge is -2.05. The van der Waals surface area contributed by atoms with Gasteiger partial charge < -0.3 is 5.11 Å². The standard InChI is InChI=1S/C15H10FNO/c16-14-8-11(3-4-15(14)18)10-1-2-13-9-17-6-5-12(13)7-10/h1-9,18H. The molecule has 0 aliphatic rings. The minimum atomic E-state index is -0.609. The third kappa shape index (κ3) is 1.80. The molecule has 0 aliphatic carbocycles. The summed E-state index contributed by atoms with van der Waals surface area (Å²) >= 11 is 0. The summed E-state index contributed by atoms with van der Waals surface area (Å²) in [7, 11) is 0. The number of hydrogen-bond acceptors (Lipinski definition) is 2. The minimum absolute atomic E-state index is 0.330. The fourth-order valence-corrected chi connectivity index (χ4v) is 1.95. The lowest BCUT2D eigenvalue weighted by molar-refractivity contribution is 0.432. The third-order valence-corrected chi connectivity index (χ3v) is 2.92. The highest BCUT2D eigenvalue weighted by Crippen LogP contribution is 2.27. The van der Waals surface area contributed by atoms with Crippen molar-refractivity contribution in [2.75, 3.05) is 0 Å². The number of phenolic OH excluding ortho intramolecular Hbond substituents is 1. The van der Waals surface area contributed by atoms with Gasteiger partial charge >= 0.3 is 0 Å². The maximum Gasteiger partial charge on any atom is 0.165 e. The number of halogens is 1. The van der Waals surface area contributed by atoms with Crippen molar-refractivity contribution in [1.29, 1.82) is 0 Å². The number of nitrogens with zero attached hydrogens (tertiary/aromatic N) is 1. The number of aromatic hydroxyl groups is 1. The minimum Gasteiger partial charge on any atom is -0.505 e. The first-order chi connectivity index (χ1) is 8.74. The molecule has 2 aromatic carbocycles. The van der Waals surface area contributed by atoms with Crippen LogP contribution in [0.4, 0.5) is 4.39 Å². The van der Waals surface area contributed by atoms with Crippen LogP contribution in [0.2, 0.25) is 0 Å². The van der Waals surface area contributed by atoms with E-state index in [2.05, 4.69) is 4.98 Å². The van der Waals surface area contributed by atoms with Crippen LogP contribution in [0, 0.1) is 5.82 Å². The third-order valence-electron chi connectivity index (χ3n) is 2.92. The number of hydrogen-bond donors (Lipinski definition) is 1. The Bertz CT molecular complexity index is 725. The second kappa shape index (κ2) is 4.11. The molecule has 0 unspecified atom stereocenters. The van der Waals surface area contributed by atoms with E-state index in [1.165, 1.54) is 12.1 Å². The topological polar surface area (TPSA) is 33.1 Å². The van der Waals surface area contributed by atoms with Gasteiger partial charge in [0.15, 0.2) is 11.6 Å². The fraction of sp³-hybridized carbons (Fsp3) is 0. The number of benzene rings is 2. The van der Waals surface area contributed by atoms with Crippen molar-refractivity contribution in [3.8, 4) is 16.9 Å². The number of pyridine rings is 1. The van der Waals surface area contributed by atoms with Gasteiger partial charge in [-0.1, -0.05) is 18.2 Å². The SMILES string of the molecule is Oc1ccc(-c2ccc3cnccc3c2)cc1F. The summed E-state index contributed by atoms with van der Waals surface area (Å²) in [5, 5.41) is 11.3.